The van der Waals surface area contributed by atoms with Crippen molar-refractivity contribution < 1.29 is 4.79 Å². The van der Waals surface area contributed by atoms with Gasteiger partial charge in [-0.05, 0) is 42.5 Å². The third-order valence-corrected chi connectivity index (χ3v) is 4.67. The number of aryl methyl sites for hydroxylation is 1. The zero-order valence-electron chi connectivity index (χ0n) is 14.4. The van der Waals surface area contributed by atoms with Gasteiger partial charge in [0.15, 0.2) is 0 Å². The van der Waals surface area contributed by atoms with Gasteiger partial charge in [0.1, 0.15) is 0 Å². The average molecular weight is 339 g/mol. The molecule has 2 N–H and O–H groups in total. The number of carbonyl (C=O) groups excluding carboxylic acids is 1. The van der Waals surface area contributed by atoms with Crippen molar-refractivity contribution in [2.24, 2.45) is 0 Å². The van der Waals surface area contributed by atoms with Gasteiger partial charge in [0, 0.05) is 24.8 Å². The summed E-state index contributed by atoms with van der Waals surface area (Å²) in [6.45, 7) is 5.38. The summed E-state index contributed by atoms with van der Waals surface area (Å²) >= 11 is 0. The highest BCUT2D eigenvalue weighted by Crippen LogP contribution is 2.26. The molecule has 0 bridgehead atoms. The van der Waals surface area contributed by atoms with Crippen molar-refractivity contribution >= 4 is 11.5 Å². The number of nitrogens with zero attached hydrogens (tertiary/aromatic N) is 1. The minimum Gasteiger partial charge on any atom is -0.338 e. The van der Waals surface area contributed by atoms with Gasteiger partial charge in [0.2, 0.25) is 5.91 Å². The molecule has 6 nitrogen and oxygen atoms in total. The van der Waals surface area contributed by atoms with Crippen molar-refractivity contribution in [3.63, 3.8) is 0 Å². The first kappa shape index (κ1) is 17.0. The van der Waals surface area contributed by atoms with Gasteiger partial charge >= 0.3 is 5.69 Å². The number of amides is 1. The molecule has 0 fully saturated rings. The number of aromatic nitrogens is 2. The van der Waals surface area contributed by atoms with E-state index in [1.165, 1.54) is 28.3 Å². The van der Waals surface area contributed by atoms with E-state index >= 15 is 0 Å². The van der Waals surface area contributed by atoms with Crippen LogP contribution in [0.5, 0.6) is 0 Å². The van der Waals surface area contributed by atoms with Crippen molar-refractivity contribution in [1.82, 2.24) is 14.9 Å². The van der Waals surface area contributed by atoms with Crippen LogP contribution in [0.15, 0.2) is 39.9 Å². The van der Waals surface area contributed by atoms with Gasteiger partial charge in [-0.15, -0.1) is 0 Å². The Kier molecular flexibility index (Phi) is 4.70. The first-order valence-electron chi connectivity index (χ1n) is 8.30. The highest BCUT2D eigenvalue weighted by molar-refractivity contribution is 5.80. The number of nitrogens with one attached hydrogen (secondary N) is 2. The quantitative estimate of drug-likeness (QED) is 0.889. The average Bonchev–Trinajstić information content (AvgIpc) is 2.56. The molecular formula is C19H21N3O3. The Balaban J connectivity index is 1.71. The summed E-state index contributed by atoms with van der Waals surface area (Å²) in [5, 5.41) is 0. The van der Waals surface area contributed by atoms with Crippen LogP contribution in [-0.4, -0.2) is 33.9 Å². The second kappa shape index (κ2) is 6.93. The minimum atomic E-state index is -0.592. The molecule has 25 heavy (non-hydrogen) atoms. The number of rotatable bonds is 3. The van der Waals surface area contributed by atoms with Gasteiger partial charge in [0.25, 0.3) is 5.56 Å². The molecular weight excluding hydrogens is 318 g/mol. The summed E-state index contributed by atoms with van der Waals surface area (Å²) in [6, 6.07) is 7.52. The van der Waals surface area contributed by atoms with E-state index in [1.807, 2.05) is 0 Å². The Bertz CT molecular complexity index is 925. The largest absolute Gasteiger partial charge is 0.338 e. The number of carbonyl (C=O) groups is 1. The van der Waals surface area contributed by atoms with Gasteiger partial charge < -0.3 is 9.88 Å². The van der Waals surface area contributed by atoms with Gasteiger partial charge in [-0.25, -0.2) is 4.79 Å². The molecule has 3 rings (SSSR count). The molecule has 0 saturated carbocycles. The van der Waals surface area contributed by atoms with Crippen molar-refractivity contribution in [2.75, 3.05) is 13.1 Å². The number of hydrogen-bond donors (Lipinski definition) is 2. The zero-order valence-corrected chi connectivity index (χ0v) is 14.4. The van der Waals surface area contributed by atoms with Crippen LogP contribution in [0.4, 0.5) is 0 Å². The van der Waals surface area contributed by atoms with Crippen molar-refractivity contribution in [2.45, 2.75) is 26.7 Å². The van der Waals surface area contributed by atoms with Crippen molar-refractivity contribution in [3.8, 4) is 0 Å². The zero-order chi connectivity index (χ0) is 18.0. The predicted molar refractivity (Wildman–Crippen MR) is 96.5 cm³/mol. The fourth-order valence-electron chi connectivity index (χ4n) is 3.13. The van der Waals surface area contributed by atoms with Crippen LogP contribution in [0.3, 0.4) is 0 Å². The van der Waals surface area contributed by atoms with E-state index in [2.05, 4.69) is 48.1 Å². The van der Waals surface area contributed by atoms with Crippen LogP contribution < -0.4 is 11.2 Å². The highest BCUT2D eigenvalue weighted by Gasteiger charge is 2.19. The Morgan fingerprint density at radius 2 is 2.00 bits per heavy atom. The number of benzene rings is 1. The van der Waals surface area contributed by atoms with Crippen LogP contribution in [-0.2, 0) is 11.2 Å². The van der Waals surface area contributed by atoms with E-state index in [9.17, 15) is 14.4 Å². The fourth-order valence-corrected chi connectivity index (χ4v) is 3.13. The molecule has 0 atom stereocenters. The van der Waals surface area contributed by atoms with E-state index in [4.69, 9.17) is 0 Å². The molecule has 2 heterocycles. The molecule has 0 saturated heterocycles. The lowest BCUT2D eigenvalue weighted by molar-refractivity contribution is -0.130. The molecule has 1 aromatic heterocycles. The van der Waals surface area contributed by atoms with Crippen LogP contribution in [0.2, 0.25) is 0 Å². The molecule has 0 aliphatic carbocycles. The number of H-pyrrole nitrogens is 2. The minimum absolute atomic E-state index is 0.0196. The van der Waals surface area contributed by atoms with E-state index < -0.39 is 11.2 Å². The van der Waals surface area contributed by atoms with E-state index in [1.54, 1.807) is 4.90 Å². The van der Waals surface area contributed by atoms with Gasteiger partial charge in [-0.1, -0.05) is 24.3 Å². The maximum absolute atomic E-state index is 12.4. The maximum Gasteiger partial charge on any atom is 0.325 e. The highest BCUT2D eigenvalue weighted by atomic mass is 16.2. The third kappa shape index (κ3) is 3.79. The molecule has 0 radical (unpaired) electrons. The molecule has 1 amide bonds. The standard InChI is InChI=1S/C19H21N3O3/c1-12-4-3-5-16(13(12)2)14-6-8-22(9-7-14)18(24)11-15-10-17(23)21-19(25)20-15/h3-6,10H,7-9,11H2,1-2H3,(H2,20,21,23,25). The molecule has 1 aliphatic heterocycles. The first-order valence-corrected chi connectivity index (χ1v) is 8.30. The Morgan fingerprint density at radius 1 is 1.20 bits per heavy atom. The molecule has 1 aliphatic rings. The summed E-state index contributed by atoms with van der Waals surface area (Å²) in [4.78, 5) is 41.4. The van der Waals surface area contributed by atoms with Crippen LogP contribution in [0.25, 0.3) is 5.57 Å². The Morgan fingerprint density at radius 3 is 2.68 bits per heavy atom. The molecule has 130 valence electrons. The SMILES string of the molecule is Cc1cccc(C2=CCN(C(=O)Cc3cc(=O)[nH]c(=O)[nH]3)CC2)c1C. The predicted octanol–water partition coefficient (Wildman–Crippen LogP) is 1.54. The number of hydrogen-bond acceptors (Lipinski definition) is 3. The normalized spacial score (nSPS) is 14.3. The summed E-state index contributed by atoms with van der Waals surface area (Å²) in [5.41, 5.74) is 4.28. The molecule has 0 spiro atoms. The van der Waals surface area contributed by atoms with E-state index in [0.29, 0.717) is 18.8 Å². The van der Waals surface area contributed by atoms with Crippen LogP contribution in [0, 0.1) is 13.8 Å². The Labute approximate surface area is 145 Å². The second-order valence-electron chi connectivity index (χ2n) is 6.36. The van der Waals surface area contributed by atoms with Gasteiger partial charge in [-0.2, -0.15) is 0 Å². The van der Waals surface area contributed by atoms with Crippen LogP contribution >= 0.6 is 0 Å². The Hall–Kier alpha value is -2.89. The van der Waals surface area contributed by atoms with Gasteiger partial charge in [0.05, 0.1) is 6.42 Å². The lowest BCUT2D eigenvalue weighted by Gasteiger charge is -2.27. The summed E-state index contributed by atoms with van der Waals surface area (Å²) in [5.74, 6) is -0.0995. The fraction of sp³-hybridized carbons (Fsp3) is 0.316. The second-order valence-corrected chi connectivity index (χ2v) is 6.36. The lowest BCUT2D eigenvalue weighted by atomic mass is 9.93. The van der Waals surface area contributed by atoms with Gasteiger partial charge in [-0.3, -0.25) is 14.6 Å². The monoisotopic (exact) mass is 339 g/mol. The molecule has 1 aromatic carbocycles. The number of aromatic amines is 2. The lowest BCUT2D eigenvalue weighted by Crippen LogP contribution is -2.36. The van der Waals surface area contributed by atoms with E-state index in [0.717, 1.165) is 6.42 Å². The molecule has 6 heteroatoms. The van der Waals surface area contributed by atoms with Crippen LogP contribution in [0.1, 0.15) is 28.8 Å². The summed E-state index contributed by atoms with van der Waals surface area (Å²) in [7, 11) is 0. The molecule has 2 aromatic rings. The van der Waals surface area contributed by atoms with Crippen molar-refractivity contribution in [1.29, 1.82) is 0 Å². The molecule has 0 unspecified atom stereocenters. The smallest absolute Gasteiger partial charge is 0.325 e. The third-order valence-electron chi connectivity index (χ3n) is 4.67. The van der Waals surface area contributed by atoms with E-state index in [-0.39, 0.29) is 12.3 Å². The van der Waals surface area contributed by atoms with Crippen molar-refractivity contribution in [3.05, 3.63) is 73.6 Å². The summed E-state index contributed by atoms with van der Waals surface area (Å²) < 4.78 is 0. The topological polar surface area (TPSA) is 86.0 Å². The summed E-state index contributed by atoms with van der Waals surface area (Å²) in [6.07, 6.45) is 2.90. The first-order chi connectivity index (χ1) is 11.9. The maximum atomic E-state index is 12.4.